The van der Waals surface area contributed by atoms with Gasteiger partial charge in [0.15, 0.2) is 0 Å². The number of ketones is 1. The zero-order valence-electron chi connectivity index (χ0n) is 7.99. The molecular weight excluding hydrogens is 194 g/mol. The van der Waals surface area contributed by atoms with Gasteiger partial charge in [0.2, 0.25) is 5.78 Å². The second-order valence-electron chi connectivity index (χ2n) is 3.88. The standard InChI is InChI=1S/C11H9NO3/c13-8-2-1-6-3-4-12-10(6)7(8)5-9(14)11(12)15/h1-2,13H,3-5H2. The number of carbonyl (C=O) groups excluding carboxylic acids is 2. The van der Waals surface area contributed by atoms with Crippen LogP contribution in [0.1, 0.15) is 11.1 Å². The van der Waals surface area contributed by atoms with Gasteiger partial charge in [-0.15, -0.1) is 0 Å². The van der Waals surface area contributed by atoms with Crippen LogP contribution in [0.15, 0.2) is 12.1 Å². The maximum atomic E-state index is 11.6. The summed E-state index contributed by atoms with van der Waals surface area (Å²) in [5.74, 6) is -0.759. The maximum Gasteiger partial charge on any atom is 0.294 e. The van der Waals surface area contributed by atoms with Crippen molar-refractivity contribution in [1.82, 2.24) is 0 Å². The Morgan fingerprint density at radius 2 is 2.07 bits per heavy atom. The number of phenols is 1. The van der Waals surface area contributed by atoms with Crippen molar-refractivity contribution in [2.45, 2.75) is 12.8 Å². The van der Waals surface area contributed by atoms with Crippen LogP contribution in [0.5, 0.6) is 5.75 Å². The lowest BCUT2D eigenvalue weighted by atomic mass is 9.98. The van der Waals surface area contributed by atoms with Gasteiger partial charge in [-0.25, -0.2) is 0 Å². The highest BCUT2D eigenvalue weighted by atomic mass is 16.3. The second-order valence-corrected chi connectivity index (χ2v) is 3.88. The molecule has 0 aliphatic carbocycles. The predicted octanol–water partition coefficient (Wildman–Crippen LogP) is 0.406. The van der Waals surface area contributed by atoms with Crippen molar-refractivity contribution in [1.29, 1.82) is 0 Å². The summed E-state index contributed by atoms with van der Waals surface area (Å²) in [6.45, 7) is 0.552. The molecule has 0 saturated heterocycles. The quantitative estimate of drug-likeness (QED) is 0.621. The molecule has 1 amide bonds. The summed E-state index contributed by atoms with van der Waals surface area (Å²) in [4.78, 5) is 24.4. The number of rotatable bonds is 0. The van der Waals surface area contributed by atoms with Gasteiger partial charge in [-0.3, -0.25) is 9.59 Å². The van der Waals surface area contributed by atoms with Gasteiger partial charge in [0.25, 0.3) is 5.91 Å². The average Bonchev–Trinajstić information content (AvgIpc) is 2.64. The lowest BCUT2D eigenvalue weighted by Crippen LogP contribution is -2.40. The van der Waals surface area contributed by atoms with Crippen LogP contribution < -0.4 is 4.90 Å². The number of hydrogen-bond donors (Lipinski definition) is 1. The van der Waals surface area contributed by atoms with E-state index < -0.39 is 11.7 Å². The normalized spacial score (nSPS) is 18.3. The Balaban J connectivity index is 2.30. The van der Waals surface area contributed by atoms with Crippen molar-refractivity contribution in [2.75, 3.05) is 11.4 Å². The molecule has 0 atom stereocenters. The summed E-state index contributed by atoms with van der Waals surface area (Å²) in [5.41, 5.74) is 2.41. The number of amides is 1. The lowest BCUT2D eigenvalue weighted by molar-refractivity contribution is -0.136. The van der Waals surface area contributed by atoms with Crippen molar-refractivity contribution in [3.8, 4) is 5.75 Å². The third-order valence-corrected chi connectivity index (χ3v) is 3.04. The van der Waals surface area contributed by atoms with Gasteiger partial charge in [-0.05, 0) is 18.1 Å². The summed E-state index contributed by atoms with van der Waals surface area (Å²) in [7, 11) is 0. The first-order chi connectivity index (χ1) is 7.18. The molecule has 0 unspecified atom stereocenters. The highest BCUT2D eigenvalue weighted by molar-refractivity contribution is 6.43. The molecule has 0 radical (unpaired) electrons. The van der Waals surface area contributed by atoms with Crippen molar-refractivity contribution in [2.24, 2.45) is 0 Å². The summed E-state index contributed by atoms with van der Waals surface area (Å²) in [6, 6.07) is 3.41. The Hall–Kier alpha value is -1.84. The molecule has 76 valence electrons. The number of carbonyl (C=O) groups is 2. The van der Waals surface area contributed by atoms with E-state index in [2.05, 4.69) is 0 Å². The molecular formula is C11H9NO3. The molecule has 0 saturated carbocycles. The monoisotopic (exact) mass is 203 g/mol. The van der Waals surface area contributed by atoms with E-state index in [0.29, 0.717) is 12.1 Å². The van der Waals surface area contributed by atoms with Crippen LogP contribution >= 0.6 is 0 Å². The first kappa shape index (κ1) is 8.47. The fraction of sp³-hybridized carbons (Fsp3) is 0.273. The van der Waals surface area contributed by atoms with E-state index in [9.17, 15) is 14.7 Å². The highest BCUT2D eigenvalue weighted by Crippen LogP contribution is 2.39. The van der Waals surface area contributed by atoms with Crippen LogP contribution in [-0.2, 0) is 22.4 Å². The van der Waals surface area contributed by atoms with E-state index >= 15 is 0 Å². The molecule has 0 aromatic heterocycles. The van der Waals surface area contributed by atoms with E-state index in [1.165, 1.54) is 4.90 Å². The zero-order valence-corrected chi connectivity index (χ0v) is 7.99. The summed E-state index contributed by atoms with van der Waals surface area (Å²) < 4.78 is 0. The Morgan fingerprint density at radius 1 is 1.27 bits per heavy atom. The third kappa shape index (κ3) is 0.960. The Kier molecular flexibility index (Phi) is 1.46. The van der Waals surface area contributed by atoms with E-state index in [4.69, 9.17) is 0 Å². The van der Waals surface area contributed by atoms with Crippen molar-refractivity contribution >= 4 is 17.4 Å². The second kappa shape index (κ2) is 2.59. The van der Waals surface area contributed by atoms with Crippen molar-refractivity contribution in [3.05, 3.63) is 23.3 Å². The minimum atomic E-state index is -0.438. The van der Waals surface area contributed by atoms with Gasteiger partial charge in [0.05, 0.1) is 5.69 Å². The number of anilines is 1. The van der Waals surface area contributed by atoms with E-state index in [0.717, 1.165) is 17.7 Å². The largest absolute Gasteiger partial charge is 0.508 e. The number of phenolic OH excluding ortho intramolecular Hbond substituents is 1. The zero-order chi connectivity index (χ0) is 10.6. The molecule has 2 aliphatic rings. The fourth-order valence-electron chi connectivity index (χ4n) is 2.32. The molecule has 1 N–H and O–H groups in total. The number of aromatic hydroxyl groups is 1. The van der Waals surface area contributed by atoms with E-state index in [-0.39, 0.29) is 12.2 Å². The smallest absolute Gasteiger partial charge is 0.294 e. The van der Waals surface area contributed by atoms with Gasteiger partial charge < -0.3 is 10.0 Å². The van der Waals surface area contributed by atoms with Crippen LogP contribution in [0.3, 0.4) is 0 Å². The summed E-state index contributed by atoms with van der Waals surface area (Å²) >= 11 is 0. The van der Waals surface area contributed by atoms with Crippen LogP contribution in [0, 0.1) is 0 Å². The van der Waals surface area contributed by atoms with Crippen molar-refractivity contribution in [3.63, 3.8) is 0 Å². The molecule has 0 spiro atoms. The molecule has 0 bridgehead atoms. The van der Waals surface area contributed by atoms with Crippen LogP contribution in [-0.4, -0.2) is 23.3 Å². The van der Waals surface area contributed by atoms with Crippen LogP contribution in [0.4, 0.5) is 5.69 Å². The van der Waals surface area contributed by atoms with Gasteiger partial charge >= 0.3 is 0 Å². The molecule has 4 nitrogen and oxygen atoms in total. The summed E-state index contributed by atoms with van der Waals surface area (Å²) in [6.07, 6.45) is 0.798. The average molecular weight is 203 g/mol. The molecule has 2 heterocycles. The lowest BCUT2D eigenvalue weighted by Gasteiger charge is -2.24. The molecule has 1 aromatic carbocycles. The number of benzene rings is 1. The minimum absolute atomic E-state index is 0.0321. The van der Waals surface area contributed by atoms with Crippen LogP contribution in [0.25, 0.3) is 0 Å². The first-order valence-corrected chi connectivity index (χ1v) is 4.87. The van der Waals surface area contributed by atoms with Gasteiger partial charge in [-0.2, -0.15) is 0 Å². The maximum absolute atomic E-state index is 11.6. The minimum Gasteiger partial charge on any atom is -0.508 e. The SMILES string of the molecule is O=C1Cc2c(O)ccc3c2N(CC3)C1=O. The Bertz CT molecular complexity index is 493. The molecule has 2 aliphatic heterocycles. The highest BCUT2D eigenvalue weighted by Gasteiger charge is 2.37. The van der Waals surface area contributed by atoms with Gasteiger partial charge in [-0.1, -0.05) is 6.07 Å². The third-order valence-electron chi connectivity index (χ3n) is 3.04. The Morgan fingerprint density at radius 3 is 2.87 bits per heavy atom. The number of hydrogen-bond acceptors (Lipinski definition) is 3. The van der Waals surface area contributed by atoms with E-state index in [1.54, 1.807) is 6.07 Å². The first-order valence-electron chi connectivity index (χ1n) is 4.87. The molecule has 0 fully saturated rings. The molecule has 1 aromatic rings. The van der Waals surface area contributed by atoms with Gasteiger partial charge in [0, 0.05) is 18.5 Å². The Labute approximate surface area is 86.1 Å². The number of nitrogens with zero attached hydrogens (tertiary/aromatic N) is 1. The molecule has 3 rings (SSSR count). The van der Waals surface area contributed by atoms with Gasteiger partial charge in [0.1, 0.15) is 5.75 Å². The van der Waals surface area contributed by atoms with E-state index in [1.807, 2.05) is 6.07 Å². The topological polar surface area (TPSA) is 57.6 Å². The summed E-state index contributed by atoms with van der Waals surface area (Å²) in [5, 5.41) is 9.64. The molecule has 15 heavy (non-hydrogen) atoms. The molecule has 4 heteroatoms. The van der Waals surface area contributed by atoms with Crippen molar-refractivity contribution < 1.29 is 14.7 Å². The predicted molar refractivity (Wildman–Crippen MR) is 52.9 cm³/mol. The number of Topliss-reactive ketones (excluding diaryl/α,β-unsaturated/α-hetero) is 1. The fourth-order valence-corrected chi connectivity index (χ4v) is 2.32. The van der Waals surface area contributed by atoms with Crippen LogP contribution in [0.2, 0.25) is 0 Å².